The Morgan fingerprint density at radius 2 is 2.20 bits per heavy atom. The number of nitriles is 1. The number of benzene rings is 1. The summed E-state index contributed by atoms with van der Waals surface area (Å²) in [5, 5.41) is 10.3. The van der Waals surface area contributed by atoms with Crippen LogP contribution in [0.15, 0.2) is 33.3 Å². The lowest BCUT2D eigenvalue weighted by atomic mass is 10.2. The molecule has 0 radical (unpaired) electrons. The summed E-state index contributed by atoms with van der Waals surface area (Å²) >= 11 is 6.78. The van der Waals surface area contributed by atoms with Crippen LogP contribution in [-0.4, -0.2) is 13.4 Å². The van der Waals surface area contributed by atoms with Gasteiger partial charge in [-0.2, -0.15) is 5.26 Å². The quantitative estimate of drug-likeness (QED) is 0.885. The van der Waals surface area contributed by atoms with E-state index in [1.165, 1.54) is 23.6 Å². The maximum Gasteiger partial charge on any atom is 0.304 e. The van der Waals surface area contributed by atoms with Gasteiger partial charge in [0.15, 0.2) is 0 Å². The van der Waals surface area contributed by atoms with Crippen LogP contribution in [0.5, 0.6) is 0 Å². The first-order valence-electron chi connectivity index (χ1n) is 5.28. The van der Waals surface area contributed by atoms with Crippen LogP contribution in [0.25, 0.3) is 0 Å². The number of thiazole rings is 1. The molecule has 0 unspecified atom stereocenters. The van der Waals surface area contributed by atoms with Crippen molar-refractivity contribution in [1.29, 1.82) is 5.26 Å². The number of sulfonamides is 1. The summed E-state index contributed by atoms with van der Waals surface area (Å²) in [7, 11) is -3.86. The molecule has 0 atom stereocenters. The van der Waals surface area contributed by atoms with E-state index in [-0.39, 0.29) is 26.9 Å². The van der Waals surface area contributed by atoms with Crippen LogP contribution in [0.3, 0.4) is 0 Å². The summed E-state index contributed by atoms with van der Waals surface area (Å²) in [6.07, 6.45) is 0. The van der Waals surface area contributed by atoms with Crippen molar-refractivity contribution in [3.63, 3.8) is 0 Å². The second-order valence-corrected chi connectivity index (χ2v) is 6.74. The largest absolute Gasteiger partial charge is 0.315 e. The Labute approximate surface area is 123 Å². The smallest absolute Gasteiger partial charge is 0.304 e. The third kappa shape index (κ3) is 3.26. The highest BCUT2D eigenvalue weighted by Gasteiger charge is 2.18. The molecule has 0 bridgehead atoms. The summed E-state index contributed by atoms with van der Waals surface area (Å²) in [6.45, 7) is -0.0613. The molecular weight excluding hydrogens is 322 g/mol. The number of hydrogen-bond acceptors (Lipinski definition) is 5. The van der Waals surface area contributed by atoms with Gasteiger partial charge in [-0.25, -0.2) is 13.1 Å². The highest BCUT2D eigenvalue weighted by atomic mass is 35.5. The van der Waals surface area contributed by atoms with Gasteiger partial charge in [0.2, 0.25) is 10.0 Å². The zero-order valence-corrected chi connectivity index (χ0v) is 12.3. The van der Waals surface area contributed by atoms with Crippen molar-refractivity contribution in [2.24, 2.45) is 0 Å². The van der Waals surface area contributed by atoms with Gasteiger partial charge in [-0.3, -0.25) is 4.79 Å². The first kappa shape index (κ1) is 14.7. The second kappa shape index (κ2) is 5.76. The summed E-state index contributed by atoms with van der Waals surface area (Å²) in [5.74, 6) is 0. The summed E-state index contributed by atoms with van der Waals surface area (Å²) in [4.78, 5) is 13.0. The molecule has 0 aliphatic rings. The van der Waals surface area contributed by atoms with Gasteiger partial charge in [-0.1, -0.05) is 22.9 Å². The normalized spacial score (nSPS) is 11.2. The van der Waals surface area contributed by atoms with Gasteiger partial charge in [0, 0.05) is 11.1 Å². The molecule has 1 aromatic carbocycles. The van der Waals surface area contributed by atoms with E-state index >= 15 is 0 Å². The predicted octanol–water partition coefficient (Wildman–Crippen LogP) is 1.44. The Kier molecular flexibility index (Phi) is 4.25. The van der Waals surface area contributed by atoms with E-state index in [0.717, 1.165) is 11.3 Å². The van der Waals surface area contributed by atoms with Crippen LogP contribution < -0.4 is 9.60 Å². The first-order chi connectivity index (χ1) is 9.42. The number of rotatable bonds is 4. The van der Waals surface area contributed by atoms with Crippen molar-refractivity contribution in [2.45, 2.75) is 11.4 Å². The second-order valence-electron chi connectivity index (χ2n) is 3.75. The van der Waals surface area contributed by atoms with Gasteiger partial charge in [-0.15, -0.1) is 0 Å². The molecule has 6 nitrogen and oxygen atoms in total. The molecular formula is C11H8ClN3O3S2. The van der Waals surface area contributed by atoms with E-state index in [4.69, 9.17) is 16.9 Å². The zero-order chi connectivity index (χ0) is 14.8. The van der Waals surface area contributed by atoms with Crippen LogP contribution in [0, 0.1) is 11.3 Å². The minimum Gasteiger partial charge on any atom is -0.315 e. The maximum atomic E-state index is 12.1. The van der Waals surface area contributed by atoms with Crippen LogP contribution in [0.4, 0.5) is 0 Å². The Morgan fingerprint density at radius 1 is 1.45 bits per heavy atom. The zero-order valence-electron chi connectivity index (χ0n) is 9.88. The fourth-order valence-electron chi connectivity index (χ4n) is 1.43. The van der Waals surface area contributed by atoms with Gasteiger partial charge in [0.25, 0.3) is 0 Å². The molecule has 1 heterocycles. The lowest BCUT2D eigenvalue weighted by Crippen LogP contribution is -2.24. The molecule has 0 aliphatic heterocycles. The fraction of sp³-hybridized carbons (Fsp3) is 0.0909. The molecule has 0 spiro atoms. The predicted molar refractivity (Wildman–Crippen MR) is 75.1 cm³/mol. The molecule has 0 aliphatic carbocycles. The number of halogens is 1. The van der Waals surface area contributed by atoms with E-state index < -0.39 is 10.0 Å². The van der Waals surface area contributed by atoms with E-state index in [1.54, 1.807) is 0 Å². The number of aromatic nitrogens is 1. The highest BCUT2D eigenvalue weighted by molar-refractivity contribution is 7.89. The minimum atomic E-state index is -3.86. The molecule has 0 saturated carbocycles. The number of hydrogen-bond donors (Lipinski definition) is 2. The van der Waals surface area contributed by atoms with E-state index in [2.05, 4.69) is 9.71 Å². The van der Waals surface area contributed by atoms with Crippen molar-refractivity contribution >= 4 is 33.0 Å². The van der Waals surface area contributed by atoms with Crippen molar-refractivity contribution in [1.82, 2.24) is 9.71 Å². The van der Waals surface area contributed by atoms with Crippen molar-refractivity contribution in [3.05, 3.63) is 49.5 Å². The first-order valence-corrected chi connectivity index (χ1v) is 8.02. The average molecular weight is 330 g/mol. The Hall–Kier alpha value is -1.66. The van der Waals surface area contributed by atoms with Gasteiger partial charge in [0.1, 0.15) is 4.90 Å². The summed E-state index contributed by atoms with van der Waals surface area (Å²) in [6, 6.07) is 5.82. The average Bonchev–Trinajstić information content (AvgIpc) is 2.83. The van der Waals surface area contributed by atoms with Gasteiger partial charge in [0.05, 0.1) is 23.2 Å². The monoisotopic (exact) mass is 329 g/mol. The Bertz CT molecular complexity index is 833. The topological polar surface area (TPSA) is 103 Å². The number of H-pyrrole nitrogens is 1. The van der Waals surface area contributed by atoms with Crippen LogP contribution in [0.1, 0.15) is 11.3 Å². The van der Waals surface area contributed by atoms with Crippen LogP contribution in [0.2, 0.25) is 5.02 Å². The molecule has 1 aromatic heterocycles. The van der Waals surface area contributed by atoms with Crippen LogP contribution in [-0.2, 0) is 16.6 Å². The molecule has 9 heteroatoms. The van der Waals surface area contributed by atoms with Gasteiger partial charge < -0.3 is 4.98 Å². The third-order valence-corrected chi connectivity index (χ3v) is 4.97. The summed E-state index contributed by atoms with van der Waals surface area (Å²) in [5.41, 5.74) is 0.648. The number of aromatic amines is 1. The molecule has 2 N–H and O–H groups in total. The lowest BCUT2D eigenvalue weighted by molar-refractivity contribution is 0.580. The maximum absolute atomic E-state index is 12.1. The van der Waals surface area contributed by atoms with Crippen molar-refractivity contribution in [2.75, 3.05) is 0 Å². The third-order valence-electron chi connectivity index (χ3n) is 2.37. The Balaban J connectivity index is 2.26. The van der Waals surface area contributed by atoms with Crippen LogP contribution >= 0.6 is 22.9 Å². The SMILES string of the molecule is N#Cc1ccc(Cl)c(S(=O)(=O)NCc2csc(=O)[nH]2)c1. The Morgan fingerprint density at radius 3 is 2.80 bits per heavy atom. The molecule has 0 fully saturated rings. The standard InChI is InChI=1S/C11H8ClN3O3S2/c12-9-2-1-7(4-13)3-10(9)20(17,18)14-5-8-6-19-11(16)15-8/h1-3,6,14H,5H2,(H,15,16). The molecule has 2 aromatic rings. The van der Waals surface area contributed by atoms with E-state index in [9.17, 15) is 13.2 Å². The molecule has 104 valence electrons. The van der Waals surface area contributed by atoms with Gasteiger partial charge in [-0.05, 0) is 18.2 Å². The fourth-order valence-corrected chi connectivity index (χ4v) is 3.54. The lowest BCUT2D eigenvalue weighted by Gasteiger charge is -2.07. The molecule has 20 heavy (non-hydrogen) atoms. The molecule has 0 saturated heterocycles. The van der Waals surface area contributed by atoms with Crippen molar-refractivity contribution < 1.29 is 8.42 Å². The molecule has 0 amide bonds. The van der Waals surface area contributed by atoms with Gasteiger partial charge >= 0.3 is 4.87 Å². The number of nitrogens with one attached hydrogen (secondary N) is 2. The highest BCUT2D eigenvalue weighted by Crippen LogP contribution is 2.22. The minimum absolute atomic E-state index is 0.0234. The summed E-state index contributed by atoms with van der Waals surface area (Å²) < 4.78 is 26.5. The van der Waals surface area contributed by atoms with E-state index in [0.29, 0.717) is 5.69 Å². The van der Waals surface area contributed by atoms with Crippen molar-refractivity contribution in [3.8, 4) is 6.07 Å². The van der Waals surface area contributed by atoms with E-state index in [1.807, 2.05) is 6.07 Å². The molecule has 2 rings (SSSR count). The number of nitrogens with zero attached hydrogens (tertiary/aromatic N) is 1.